The molecule has 0 saturated carbocycles. The minimum Gasteiger partial charge on any atom is -0.480 e. The zero-order chi connectivity index (χ0) is 44.8. The summed E-state index contributed by atoms with van der Waals surface area (Å²) < 4.78 is 0. The van der Waals surface area contributed by atoms with Crippen LogP contribution >= 0.6 is 0 Å². The molecule has 59 heavy (non-hydrogen) atoms. The predicted octanol–water partition coefficient (Wildman–Crippen LogP) is -5.99. The molecular formula is C35H60N12O12. The van der Waals surface area contributed by atoms with Crippen LogP contribution in [0.15, 0.2) is 0 Å². The van der Waals surface area contributed by atoms with Crippen LogP contribution in [0, 0.1) is 5.92 Å². The number of rotatable bonds is 27. The number of nitrogens with two attached hydrogens (primary N) is 4. The average molecular weight is 841 g/mol. The lowest BCUT2D eigenvalue weighted by molar-refractivity contribution is -0.144. The second kappa shape index (κ2) is 26.2. The first-order valence-corrected chi connectivity index (χ1v) is 19.2. The Morgan fingerprint density at radius 3 is 1.88 bits per heavy atom. The summed E-state index contributed by atoms with van der Waals surface area (Å²) >= 11 is 0. The highest BCUT2D eigenvalue weighted by Gasteiger charge is 2.36. The van der Waals surface area contributed by atoms with Crippen molar-refractivity contribution in [1.29, 1.82) is 0 Å². The van der Waals surface area contributed by atoms with Crippen molar-refractivity contribution >= 4 is 65.0 Å². The molecule has 16 N–H and O–H groups in total. The van der Waals surface area contributed by atoms with Gasteiger partial charge in [-0.05, 0) is 64.3 Å². The van der Waals surface area contributed by atoms with Gasteiger partial charge in [-0.25, -0.2) is 4.79 Å². The Kier molecular flexibility index (Phi) is 22.7. The van der Waals surface area contributed by atoms with E-state index in [2.05, 4.69) is 37.2 Å². The molecule has 0 aromatic carbocycles. The molecule has 0 bridgehead atoms. The largest absolute Gasteiger partial charge is 0.480 e. The van der Waals surface area contributed by atoms with Crippen LogP contribution in [0.4, 0.5) is 0 Å². The summed E-state index contributed by atoms with van der Waals surface area (Å²) in [6.45, 7) is 3.67. The minimum absolute atomic E-state index is 0.0914. The maximum Gasteiger partial charge on any atom is 0.326 e. The Hall–Kier alpha value is -5.91. The number of nitrogens with zero attached hydrogens (tertiary/aromatic N) is 1. The molecule has 6 atom stereocenters. The molecule has 0 unspecified atom stereocenters. The van der Waals surface area contributed by atoms with Crippen molar-refractivity contribution in [3.8, 4) is 0 Å². The number of carboxylic acids is 1. The van der Waals surface area contributed by atoms with Crippen molar-refractivity contribution in [1.82, 2.24) is 42.1 Å². The molecule has 0 aliphatic carbocycles. The van der Waals surface area contributed by atoms with Gasteiger partial charge in [-0.3, -0.25) is 47.9 Å². The lowest BCUT2D eigenvalue weighted by atomic mass is 10.0. The van der Waals surface area contributed by atoms with Gasteiger partial charge in [0.15, 0.2) is 0 Å². The summed E-state index contributed by atoms with van der Waals surface area (Å²) in [6, 6.07) is -7.48. The molecular weight excluding hydrogens is 780 g/mol. The summed E-state index contributed by atoms with van der Waals surface area (Å²) in [5, 5.41) is 26.1. The number of nitrogens with one attached hydrogen (secondary N) is 7. The second-order valence-electron chi connectivity index (χ2n) is 14.4. The average Bonchev–Trinajstić information content (AvgIpc) is 3.66. The highest BCUT2D eigenvalue weighted by atomic mass is 16.4. The van der Waals surface area contributed by atoms with Crippen molar-refractivity contribution in [2.75, 3.05) is 32.7 Å². The summed E-state index contributed by atoms with van der Waals surface area (Å²) in [7, 11) is 0. The fourth-order valence-electron chi connectivity index (χ4n) is 5.88. The molecule has 24 nitrogen and oxygen atoms in total. The molecule has 332 valence electrons. The Bertz CT molecular complexity index is 1540. The monoisotopic (exact) mass is 840 g/mol. The van der Waals surface area contributed by atoms with Crippen molar-refractivity contribution in [2.45, 2.75) is 115 Å². The van der Waals surface area contributed by atoms with Gasteiger partial charge in [0.25, 0.3) is 0 Å². The van der Waals surface area contributed by atoms with E-state index in [1.165, 1.54) is 11.8 Å². The maximum absolute atomic E-state index is 13.2. The number of carboxylic acid groups (broad SMARTS) is 1. The maximum atomic E-state index is 13.2. The smallest absolute Gasteiger partial charge is 0.326 e. The summed E-state index contributed by atoms with van der Waals surface area (Å²) in [5.41, 5.74) is 21.1. The molecule has 1 rings (SSSR count). The van der Waals surface area contributed by atoms with E-state index < -0.39 is 127 Å². The van der Waals surface area contributed by atoms with Gasteiger partial charge in [0, 0.05) is 13.0 Å². The highest BCUT2D eigenvalue weighted by Crippen LogP contribution is 2.18. The fraction of sp³-hybridized carbons (Fsp3) is 0.686. The third-order valence-electron chi connectivity index (χ3n) is 8.94. The van der Waals surface area contributed by atoms with Crippen LogP contribution in [0.3, 0.4) is 0 Å². The minimum atomic E-state index is -1.62. The number of aliphatic carboxylic acids is 1. The van der Waals surface area contributed by atoms with E-state index in [9.17, 15) is 57.8 Å². The fourth-order valence-corrected chi connectivity index (χ4v) is 5.88. The molecule has 24 heteroatoms. The van der Waals surface area contributed by atoms with Crippen LogP contribution in [-0.2, 0) is 52.7 Å². The predicted molar refractivity (Wildman–Crippen MR) is 207 cm³/mol. The van der Waals surface area contributed by atoms with E-state index in [-0.39, 0.29) is 38.1 Å². The first-order chi connectivity index (χ1) is 27.7. The van der Waals surface area contributed by atoms with Gasteiger partial charge >= 0.3 is 5.97 Å². The van der Waals surface area contributed by atoms with E-state index in [0.29, 0.717) is 32.2 Å². The number of hydrogen-bond acceptors (Lipinski definition) is 13. The van der Waals surface area contributed by atoms with Gasteiger partial charge < -0.3 is 70.2 Å². The van der Waals surface area contributed by atoms with Crippen LogP contribution in [0.25, 0.3) is 0 Å². The number of carbonyl (C=O) groups excluding carboxylic acids is 10. The van der Waals surface area contributed by atoms with Crippen molar-refractivity contribution in [3.05, 3.63) is 0 Å². The Morgan fingerprint density at radius 1 is 0.678 bits per heavy atom. The normalized spacial score (nSPS) is 16.0. The number of likely N-dealkylation sites (tertiary alicyclic amines) is 1. The topological polar surface area (TPSA) is 400 Å². The third kappa shape index (κ3) is 19.4. The van der Waals surface area contributed by atoms with Crippen LogP contribution < -0.4 is 60.2 Å². The summed E-state index contributed by atoms with van der Waals surface area (Å²) in [6.07, 6.45) is 0.797. The zero-order valence-corrected chi connectivity index (χ0v) is 33.6. The Labute approximate surface area is 341 Å². The van der Waals surface area contributed by atoms with Gasteiger partial charge in [-0.1, -0.05) is 13.8 Å². The quantitative estimate of drug-likeness (QED) is 0.0343. The molecule has 1 aliphatic rings. The lowest BCUT2D eigenvalue weighted by Gasteiger charge is -2.26. The van der Waals surface area contributed by atoms with Crippen LogP contribution in [0.1, 0.15) is 78.6 Å². The molecule has 1 aliphatic heterocycles. The molecule has 0 radical (unpaired) electrons. The Morgan fingerprint density at radius 2 is 1.31 bits per heavy atom. The SMILES string of the molecule is CC(C)C[C@H](NC(=O)CNC(=O)[C@H](CC(N)=O)NC(=O)[C@H](CCC(N)=O)NC(=O)CN)C(=O)N[C@@H](C)C(=O)NCC(=O)N1CCC[C@H]1C(=O)N[C@@H](CCCCN)C(=O)O. The molecule has 10 amide bonds. The van der Waals surface area contributed by atoms with Gasteiger partial charge in [-0.2, -0.15) is 0 Å². The zero-order valence-electron chi connectivity index (χ0n) is 33.6. The molecule has 1 saturated heterocycles. The summed E-state index contributed by atoms with van der Waals surface area (Å²) in [5.74, 6) is -9.55. The highest BCUT2D eigenvalue weighted by molar-refractivity contribution is 5.97. The van der Waals surface area contributed by atoms with Crippen molar-refractivity contribution < 1.29 is 57.8 Å². The van der Waals surface area contributed by atoms with Crippen molar-refractivity contribution in [3.63, 3.8) is 0 Å². The van der Waals surface area contributed by atoms with E-state index in [0.717, 1.165) is 0 Å². The molecule has 0 aromatic rings. The first-order valence-electron chi connectivity index (χ1n) is 19.2. The first kappa shape index (κ1) is 51.1. The van der Waals surface area contributed by atoms with E-state index in [4.69, 9.17) is 22.9 Å². The van der Waals surface area contributed by atoms with Crippen molar-refractivity contribution in [2.24, 2.45) is 28.9 Å². The van der Waals surface area contributed by atoms with Crippen LogP contribution in [0.5, 0.6) is 0 Å². The van der Waals surface area contributed by atoms with Crippen LogP contribution in [0.2, 0.25) is 0 Å². The number of hydrogen-bond donors (Lipinski definition) is 12. The Balaban J connectivity index is 2.83. The van der Waals surface area contributed by atoms with E-state index in [1.54, 1.807) is 13.8 Å². The van der Waals surface area contributed by atoms with E-state index >= 15 is 0 Å². The third-order valence-corrected chi connectivity index (χ3v) is 8.94. The van der Waals surface area contributed by atoms with E-state index in [1.807, 2.05) is 0 Å². The molecule has 1 heterocycles. The molecule has 0 aromatic heterocycles. The number of unbranched alkanes of at least 4 members (excludes halogenated alkanes) is 1. The van der Waals surface area contributed by atoms with Gasteiger partial charge in [0.2, 0.25) is 59.1 Å². The number of carbonyl (C=O) groups is 11. The van der Waals surface area contributed by atoms with Gasteiger partial charge in [-0.15, -0.1) is 0 Å². The van der Waals surface area contributed by atoms with Crippen LogP contribution in [-0.4, -0.2) is 144 Å². The van der Waals surface area contributed by atoms with Gasteiger partial charge in [0.1, 0.15) is 36.3 Å². The molecule has 0 spiro atoms. The summed E-state index contributed by atoms with van der Waals surface area (Å²) in [4.78, 5) is 139. The standard InChI is InChI=1S/C35H60N12O12/c1-18(2)13-22(44-28(51)16-40-31(54)23(14-26(39)49)46-32(55)20(9-10-25(38)48)43-27(50)15-37)33(56)42-19(3)30(53)41-17-29(52)47-12-6-8-24(47)34(57)45-21(35(58)59)7-4-5-11-36/h18-24H,4-17,36-37H2,1-3H3,(H2,38,48)(H2,39,49)(H,40,54)(H,41,53)(H,42,56)(H,43,50)(H,44,51)(H,45,57)(H,46,55)(H,58,59)/t19-,20-,21-,22-,23-,24-/m0/s1. The number of primary amides is 2. The lowest BCUT2D eigenvalue weighted by Crippen LogP contribution is -2.57. The molecule has 1 fully saturated rings. The second-order valence-corrected chi connectivity index (χ2v) is 14.4. The van der Waals surface area contributed by atoms with Gasteiger partial charge in [0.05, 0.1) is 26.1 Å². The number of amides is 10.